The summed E-state index contributed by atoms with van der Waals surface area (Å²) in [7, 11) is 1.15. The molecule has 0 aromatic heterocycles. The Labute approximate surface area is 133 Å². The van der Waals surface area contributed by atoms with Crippen LogP contribution >= 0.6 is 0 Å². The van der Waals surface area contributed by atoms with E-state index < -0.39 is 23.8 Å². The van der Waals surface area contributed by atoms with Crippen LogP contribution in [-0.4, -0.2) is 38.2 Å². The largest absolute Gasteiger partial charge is 0.465 e. The normalized spacial score (nSPS) is 10.3. The van der Waals surface area contributed by atoms with Gasteiger partial charge >= 0.3 is 17.9 Å². The van der Waals surface area contributed by atoms with Gasteiger partial charge in [-0.25, -0.2) is 4.79 Å². The minimum atomic E-state index is -1.45. The number of benzene rings is 1. The van der Waals surface area contributed by atoms with Gasteiger partial charge in [-0.3, -0.25) is 9.59 Å². The average molecular weight is 324 g/mol. The summed E-state index contributed by atoms with van der Waals surface area (Å²) in [6, 6.07) is 2.75. The lowest BCUT2D eigenvalue weighted by Crippen LogP contribution is -2.28. The van der Waals surface area contributed by atoms with Crippen LogP contribution in [0.4, 0.5) is 11.4 Å². The van der Waals surface area contributed by atoms with Crippen molar-refractivity contribution < 1.29 is 28.6 Å². The van der Waals surface area contributed by atoms with Crippen molar-refractivity contribution >= 4 is 29.3 Å². The van der Waals surface area contributed by atoms with E-state index in [0.717, 1.165) is 7.11 Å². The average Bonchev–Trinajstić information content (AvgIpc) is 2.51. The zero-order valence-electron chi connectivity index (χ0n) is 13.3. The summed E-state index contributed by atoms with van der Waals surface area (Å²) < 4.78 is 14.5. The van der Waals surface area contributed by atoms with E-state index in [9.17, 15) is 14.4 Å². The molecule has 0 bridgehead atoms. The predicted molar refractivity (Wildman–Crippen MR) is 82.6 cm³/mol. The molecule has 8 heteroatoms. The van der Waals surface area contributed by atoms with Crippen molar-refractivity contribution in [3.63, 3.8) is 0 Å². The molecule has 0 amide bonds. The smallest absolute Gasteiger partial charge is 0.340 e. The molecule has 23 heavy (non-hydrogen) atoms. The Balaban J connectivity index is 3.52. The maximum absolute atomic E-state index is 12.2. The highest BCUT2D eigenvalue weighted by molar-refractivity contribution is 6.07. The lowest BCUT2D eigenvalue weighted by Gasteiger charge is -2.19. The molecule has 4 N–H and O–H groups in total. The maximum Gasteiger partial charge on any atom is 0.340 e. The molecule has 0 radical (unpaired) electrons. The number of esters is 3. The van der Waals surface area contributed by atoms with Crippen molar-refractivity contribution in [2.24, 2.45) is 0 Å². The van der Waals surface area contributed by atoms with E-state index in [1.54, 1.807) is 13.8 Å². The van der Waals surface area contributed by atoms with Crippen LogP contribution in [0.25, 0.3) is 0 Å². The summed E-state index contributed by atoms with van der Waals surface area (Å²) >= 11 is 0. The van der Waals surface area contributed by atoms with Gasteiger partial charge in [0.2, 0.25) is 0 Å². The fourth-order valence-electron chi connectivity index (χ4n) is 2.02. The fraction of sp³-hybridized carbons (Fsp3) is 0.400. The maximum atomic E-state index is 12.2. The lowest BCUT2D eigenvalue weighted by atomic mass is 9.92. The van der Waals surface area contributed by atoms with Crippen LogP contribution < -0.4 is 11.5 Å². The summed E-state index contributed by atoms with van der Waals surface area (Å²) in [5.41, 5.74) is 11.4. The molecule has 0 aliphatic heterocycles. The number of hydrogen-bond acceptors (Lipinski definition) is 8. The molecule has 126 valence electrons. The number of ether oxygens (including phenoxy) is 3. The van der Waals surface area contributed by atoms with Crippen LogP contribution in [0.15, 0.2) is 12.1 Å². The Morgan fingerprint density at radius 2 is 1.57 bits per heavy atom. The third kappa shape index (κ3) is 3.91. The molecule has 0 aliphatic carbocycles. The summed E-state index contributed by atoms with van der Waals surface area (Å²) in [5.74, 6) is -3.96. The second-order valence-corrected chi connectivity index (χ2v) is 4.46. The summed E-state index contributed by atoms with van der Waals surface area (Å²) in [6.07, 6.45) is 0. The zero-order valence-corrected chi connectivity index (χ0v) is 13.3. The van der Waals surface area contributed by atoms with Crippen LogP contribution in [-0.2, 0) is 23.8 Å². The Bertz CT molecular complexity index is 596. The first kappa shape index (κ1) is 18.3. The Kier molecular flexibility index (Phi) is 6.37. The third-order valence-electron chi connectivity index (χ3n) is 3.06. The minimum absolute atomic E-state index is 0.0282. The molecule has 0 fully saturated rings. The predicted octanol–water partition coefficient (Wildman–Crippen LogP) is 0.847. The highest BCUT2D eigenvalue weighted by atomic mass is 16.6. The molecule has 8 nitrogen and oxygen atoms in total. The van der Waals surface area contributed by atoms with Crippen molar-refractivity contribution in [3.05, 3.63) is 23.3 Å². The first-order valence-corrected chi connectivity index (χ1v) is 6.98. The van der Waals surface area contributed by atoms with Crippen molar-refractivity contribution in [2.75, 3.05) is 31.8 Å². The van der Waals surface area contributed by atoms with E-state index >= 15 is 0 Å². The Hall–Kier alpha value is -2.77. The molecule has 0 unspecified atom stereocenters. The van der Waals surface area contributed by atoms with Gasteiger partial charge in [-0.15, -0.1) is 0 Å². The molecule has 0 spiro atoms. The lowest BCUT2D eigenvalue weighted by molar-refractivity contribution is -0.156. The number of carbonyl (C=O) groups excluding carboxylic acids is 3. The summed E-state index contributed by atoms with van der Waals surface area (Å²) in [5, 5.41) is 0. The highest BCUT2D eigenvalue weighted by Gasteiger charge is 2.36. The van der Waals surface area contributed by atoms with Crippen LogP contribution in [0.5, 0.6) is 0 Å². The zero-order chi connectivity index (χ0) is 17.6. The third-order valence-corrected chi connectivity index (χ3v) is 3.06. The summed E-state index contributed by atoms with van der Waals surface area (Å²) in [4.78, 5) is 36.4. The van der Waals surface area contributed by atoms with E-state index in [2.05, 4.69) is 4.74 Å². The molecular formula is C15H20N2O6. The van der Waals surface area contributed by atoms with Gasteiger partial charge in [0, 0.05) is 0 Å². The SMILES string of the molecule is CCOC(=O)C(C(=O)OCC)c1ccc(N)c(N)c1C(=O)OC. The van der Waals surface area contributed by atoms with Gasteiger partial charge in [0.15, 0.2) is 5.92 Å². The topological polar surface area (TPSA) is 131 Å². The summed E-state index contributed by atoms with van der Waals surface area (Å²) in [6.45, 7) is 3.32. The number of methoxy groups -OCH3 is 1. The molecule has 1 aromatic rings. The minimum Gasteiger partial charge on any atom is -0.465 e. The van der Waals surface area contributed by atoms with Crippen LogP contribution in [0.3, 0.4) is 0 Å². The molecule has 1 aromatic carbocycles. The number of hydrogen-bond donors (Lipinski definition) is 2. The fourth-order valence-corrected chi connectivity index (χ4v) is 2.02. The molecule has 0 saturated carbocycles. The quantitative estimate of drug-likeness (QED) is 0.341. The van der Waals surface area contributed by atoms with Gasteiger partial charge in [-0.2, -0.15) is 0 Å². The van der Waals surface area contributed by atoms with Gasteiger partial charge in [-0.1, -0.05) is 6.07 Å². The van der Waals surface area contributed by atoms with Crippen LogP contribution in [0, 0.1) is 0 Å². The van der Waals surface area contributed by atoms with Crippen LogP contribution in [0.2, 0.25) is 0 Å². The van der Waals surface area contributed by atoms with Crippen molar-refractivity contribution in [2.45, 2.75) is 19.8 Å². The van der Waals surface area contributed by atoms with Crippen LogP contribution in [0.1, 0.15) is 35.7 Å². The molecule has 1 rings (SSSR count). The molecule has 0 aliphatic rings. The monoisotopic (exact) mass is 324 g/mol. The Morgan fingerprint density at radius 3 is 2.00 bits per heavy atom. The van der Waals surface area contributed by atoms with E-state index in [1.165, 1.54) is 12.1 Å². The van der Waals surface area contributed by atoms with Gasteiger partial charge in [0.25, 0.3) is 0 Å². The second kappa shape index (κ2) is 8.02. The first-order chi connectivity index (χ1) is 10.9. The highest BCUT2D eigenvalue weighted by Crippen LogP contribution is 2.31. The van der Waals surface area contributed by atoms with Gasteiger partial charge in [-0.05, 0) is 25.5 Å². The van der Waals surface area contributed by atoms with E-state index in [0.29, 0.717) is 0 Å². The number of nitrogen functional groups attached to an aromatic ring is 2. The van der Waals surface area contributed by atoms with Gasteiger partial charge < -0.3 is 25.7 Å². The van der Waals surface area contributed by atoms with Gasteiger partial charge in [0.05, 0.1) is 37.3 Å². The van der Waals surface area contributed by atoms with E-state index in [4.69, 9.17) is 20.9 Å². The van der Waals surface area contributed by atoms with Crippen molar-refractivity contribution in [1.29, 1.82) is 0 Å². The first-order valence-electron chi connectivity index (χ1n) is 6.98. The Morgan fingerprint density at radius 1 is 1.04 bits per heavy atom. The number of rotatable bonds is 6. The van der Waals surface area contributed by atoms with E-state index in [-0.39, 0.29) is 35.7 Å². The second-order valence-electron chi connectivity index (χ2n) is 4.46. The molecular weight excluding hydrogens is 304 g/mol. The standard InChI is InChI=1S/C15H20N2O6/c1-4-22-14(19)11(15(20)23-5-2)8-6-7-9(16)12(17)10(8)13(18)21-3/h6-7,11H,4-5,16-17H2,1-3H3. The number of carbonyl (C=O) groups is 3. The van der Waals surface area contributed by atoms with Gasteiger partial charge in [0.1, 0.15) is 0 Å². The van der Waals surface area contributed by atoms with Crippen molar-refractivity contribution in [3.8, 4) is 0 Å². The molecule has 0 saturated heterocycles. The molecule has 0 atom stereocenters. The molecule has 0 heterocycles. The van der Waals surface area contributed by atoms with E-state index in [1.807, 2.05) is 0 Å². The number of anilines is 2. The number of nitrogens with two attached hydrogens (primary N) is 2. The van der Waals surface area contributed by atoms with Crippen molar-refractivity contribution in [1.82, 2.24) is 0 Å².